The van der Waals surface area contributed by atoms with Crippen LogP contribution >= 0.6 is 0 Å². The largest absolute Gasteiger partial charge is 0.458 e. The minimum absolute atomic E-state index is 0.0960. The molecular weight excluding hydrogens is 420 g/mol. The zero-order chi connectivity index (χ0) is 23.1. The predicted octanol–water partition coefficient (Wildman–Crippen LogP) is 3.98. The summed E-state index contributed by atoms with van der Waals surface area (Å²) in [4.78, 5) is 37.7. The molecule has 168 valence electrons. The van der Waals surface area contributed by atoms with E-state index >= 15 is 0 Å². The molecule has 0 amide bonds. The van der Waals surface area contributed by atoms with Crippen molar-refractivity contribution in [2.24, 2.45) is 5.92 Å². The van der Waals surface area contributed by atoms with Gasteiger partial charge < -0.3 is 14.2 Å². The van der Waals surface area contributed by atoms with Crippen molar-refractivity contribution >= 4 is 28.7 Å². The van der Waals surface area contributed by atoms with Crippen molar-refractivity contribution < 1.29 is 28.6 Å². The molecule has 6 heteroatoms. The second kappa shape index (κ2) is 8.35. The molecule has 2 heterocycles. The number of hydrogen-bond acceptors (Lipinski definition) is 6. The summed E-state index contributed by atoms with van der Waals surface area (Å²) in [6.45, 7) is 5.79. The van der Waals surface area contributed by atoms with Crippen LogP contribution < -0.4 is 0 Å². The highest BCUT2D eigenvalue weighted by Crippen LogP contribution is 2.38. The van der Waals surface area contributed by atoms with Crippen LogP contribution in [0.3, 0.4) is 0 Å². The first-order chi connectivity index (χ1) is 15.9. The van der Waals surface area contributed by atoms with Gasteiger partial charge in [-0.2, -0.15) is 0 Å². The molecule has 2 aromatic carbocycles. The van der Waals surface area contributed by atoms with Crippen LogP contribution in [0.1, 0.15) is 25.3 Å². The Morgan fingerprint density at radius 1 is 1.03 bits per heavy atom. The highest BCUT2D eigenvalue weighted by atomic mass is 16.6. The summed E-state index contributed by atoms with van der Waals surface area (Å²) >= 11 is 0. The Bertz CT molecular complexity index is 1230. The van der Waals surface area contributed by atoms with Crippen LogP contribution in [0.5, 0.6) is 0 Å². The van der Waals surface area contributed by atoms with Gasteiger partial charge in [0.25, 0.3) is 0 Å². The molecule has 1 unspecified atom stereocenters. The van der Waals surface area contributed by atoms with Crippen molar-refractivity contribution in [3.8, 4) is 0 Å². The Morgan fingerprint density at radius 3 is 2.67 bits per heavy atom. The highest BCUT2D eigenvalue weighted by molar-refractivity contribution is 5.93. The molecule has 0 radical (unpaired) electrons. The number of esters is 3. The van der Waals surface area contributed by atoms with Gasteiger partial charge in [-0.25, -0.2) is 9.59 Å². The second-order valence-corrected chi connectivity index (χ2v) is 8.82. The van der Waals surface area contributed by atoms with Gasteiger partial charge in [0.1, 0.15) is 18.3 Å². The molecule has 2 bridgehead atoms. The minimum Gasteiger partial charge on any atom is -0.458 e. The van der Waals surface area contributed by atoms with Gasteiger partial charge in [0.15, 0.2) is 0 Å². The normalized spacial score (nSPS) is 28.3. The van der Waals surface area contributed by atoms with Crippen LogP contribution in [0.2, 0.25) is 0 Å². The lowest BCUT2D eigenvalue weighted by molar-refractivity contribution is -0.149. The first-order valence-electron chi connectivity index (χ1n) is 11.0. The quantitative estimate of drug-likeness (QED) is 0.308. The third kappa shape index (κ3) is 4.09. The number of rotatable bonds is 3. The summed E-state index contributed by atoms with van der Waals surface area (Å²) in [6, 6.07) is 13.7. The average molecular weight is 444 g/mol. The van der Waals surface area contributed by atoms with E-state index < -0.39 is 36.0 Å². The number of ether oxygens (including phenoxy) is 3. The van der Waals surface area contributed by atoms with Crippen LogP contribution in [0, 0.1) is 5.92 Å². The molecule has 4 atom stereocenters. The fourth-order valence-electron chi connectivity index (χ4n) is 4.91. The summed E-state index contributed by atoms with van der Waals surface area (Å²) in [5.74, 6) is -1.91. The van der Waals surface area contributed by atoms with E-state index in [0.717, 1.165) is 21.9 Å². The van der Waals surface area contributed by atoms with Crippen molar-refractivity contribution in [3.63, 3.8) is 0 Å². The van der Waals surface area contributed by atoms with E-state index in [-0.39, 0.29) is 24.5 Å². The van der Waals surface area contributed by atoms with Crippen molar-refractivity contribution in [3.05, 3.63) is 83.5 Å². The fourth-order valence-corrected chi connectivity index (χ4v) is 4.91. The van der Waals surface area contributed by atoms with E-state index in [1.165, 1.54) is 0 Å². The van der Waals surface area contributed by atoms with E-state index in [4.69, 9.17) is 14.2 Å². The number of benzene rings is 2. The molecule has 0 aromatic heterocycles. The SMILES string of the molecule is C=C1C(=O)O[C@H]2CC3=C[C@@H](C/C(C)=C\C(OC(=O)Cc4cccc5ccccc45)[C@H]12)OC3=O. The molecule has 33 heavy (non-hydrogen) atoms. The summed E-state index contributed by atoms with van der Waals surface area (Å²) in [5.41, 5.74) is 2.49. The Kier molecular flexibility index (Phi) is 5.36. The lowest BCUT2D eigenvalue weighted by Crippen LogP contribution is -2.33. The van der Waals surface area contributed by atoms with Gasteiger partial charge in [-0.1, -0.05) is 54.6 Å². The smallest absolute Gasteiger partial charge is 0.334 e. The summed E-state index contributed by atoms with van der Waals surface area (Å²) in [5, 5.41) is 2.05. The summed E-state index contributed by atoms with van der Waals surface area (Å²) in [6.07, 6.45) is 2.66. The van der Waals surface area contributed by atoms with Gasteiger partial charge in [0.05, 0.1) is 12.3 Å². The van der Waals surface area contributed by atoms with Gasteiger partial charge in [0.2, 0.25) is 0 Å². The molecule has 3 aliphatic rings. The maximum Gasteiger partial charge on any atom is 0.334 e. The second-order valence-electron chi connectivity index (χ2n) is 8.82. The highest BCUT2D eigenvalue weighted by Gasteiger charge is 2.46. The van der Waals surface area contributed by atoms with Gasteiger partial charge >= 0.3 is 17.9 Å². The predicted molar refractivity (Wildman–Crippen MR) is 121 cm³/mol. The molecule has 1 aliphatic carbocycles. The monoisotopic (exact) mass is 444 g/mol. The van der Waals surface area contributed by atoms with Crippen molar-refractivity contribution in [2.45, 2.75) is 44.5 Å². The van der Waals surface area contributed by atoms with Crippen molar-refractivity contribution in [2.75, 3.05) is 0 Å². The molecule has 6 nitrogen and oxygen atoms in total. The standard InChI is InChI=1S/C27H24O6/c1-15-10-20-12-19(27(30)31-20)13-23-25(16(2)26(29)33-23)22(11-15)32-24(28)14-18-8-5-7-17-6-3-4-9-21(17)18/h3-9,11-12,20,22-23,25H,2,10,13-14H2,1H3/b15-11-/t20-,22?,23+,25+/m1/s1. The van der Waals surface area contributed by atoms with Crippen molar-refractivity contribution in [1.29, 1.82) is 0 Å². The lowest BCUT2D eigenvalue weighted by Gasteiger charge is -2.26. The molecular formula is C27H24O6. The molecule has 5 rings (SSSR count). The third-order valence-electron chi connectivity index (χ3n) is 6.46. The maximum absolute atomic E-state index is 13.1. The van der Waals surface area contributed by atoms with Crippen molar-refractivity contribution in [1.82, 2.24) is 0 Å². The zero-order valence-corrected chi connectivity index (χ0v) is 18.3. The van der Waals surface area contributed by atoms with E-state index in [1.807, 2.05) is 55.5 Å². The van der Waals surface area contributed by atoms with Crippen LogP contribution in [-0.4, -0.2) is 36.2 Å². The number of hydrogen-bond donors (Lipinski definition) is 0. The maximum atomic E-state index is 13.1. The molecule has 0 spiro atoms. The molecule has 2 aromatic rings. The Morgan fingerprint density at radius 2 is 1.82 bits per heavy atom. The van der Waals surface area contributed by atoms with Crippen LogP contribution in [-0.2, 0) is 35.0 Å². The average Bonchev–Trinajstić information content (AvgIpc) is 3.25. The Hall–Kier alpha value is -3.67. The van der Waals surface area contributed by atoms with Gasteiger partial charge in [-0.3, -0.25) is 4.79 Å². The van der Waals surface area contributed by atoms with E-state index in [1.54, 1.807) is 6.08 Å². The zero-order valence-electron chi connectivity index (χ0n) is 18.3. The minimum atomic E-state index is -0.732. The topological polar surface area (TPSA) is 78.9 Å². The van der Waals surface area contributed by atoms with E-state index in [0.29, 0.717) is 12.0 Å². The molecule has 2 aliphatic heterocycles. The molecule has 1 fully saturated rings. The van der Waals surface area contributed by atoms with Crippen LogP contribution in [0.15, 0.2) is 77.9 Å². The fraction of sp³-hybridized carbons (Fsp3) is 0.296. The summed E-state index contributed by atoms with van der Waals surface area (Å²) in [7, 11) is 0. The van der Waals surface area contributed by atoms with Crippen LogP contribution in [0.25, 0.3) is 10.8 Å². The molecule has 1 saturated heterocycles. The van der Waals surface area contributed by atoms with Gasteiger partial charge in [-0.05, 0) is 35.4 Å². The number of fused-ring (bicyclic) bond motifs is 3. The summed E-state index contributed by atoms with van der Waals surface area (Å²) < 4.78 is 16.9. The first kappa shape index (κ1) is 21.2. The van der Waals surface area contributed by atoms with Gasteiger partial charge in [-0.15, -0.1) is 0 Å². The van der Waals surface area contributed by atoms with E-state index in [2.05, 4.69) is 6.58 Å². The number of carbonyl (C=O) groups excluding carboxylic acids is 3. The first-order valence-corrected chi connectivity index (χ1v) is 11.0. The van der Waals surface area contributed by atoms with E-state index in [9.17, 15) is 14.4 Å². The third-order valence-corrected chi connectivity index (χ3v) is 6.46. The lowest BCUT2D eigenvalue weighted by atomic mass is 9.85. The Balaban J connectivity index is 1.43. The van der Waals surface area contributed by atoms with Crippen LogP contribution in [0.4, 0.5) is 0 Å². The molecule has 0 N–H and O–H groups in total. The number of carbonyl (C=O) groups is 3. The Labute approximate surface area is 191 Å². The van der Waals surface area contributed by atoms with Gasteiger partial charge in [0, 0.05) is 24.0 Å². The molecule has 0 saturated carbocycles.